The van der Waals surface area contributed by atoms with E-state index in [-0.39, 0.29) is 5.37 Å². The minimum Gasteiger partial charge on any atom is -0.480 e. The summed E-state index contributed by atoms with van der Waals surface area (Å²) in [6.45, 7) is 0. The van der Waals surface area contributed by atoms with Crippen molar-refractivity contribution >= 4 is 17.7 Å². The Morgan fingerprint density at radius 1 is 1.40 bits per heavy atom. The van der Waals surface area contributed by atoms with Crippen LogP contribution in [0.2, 0.25) is 0 Å². The number of carboxylic acid groups (broad SMARTS) is 1. The molecule has 1 aromatic carbocycles. The number of hydrogen-bond donors (Lipinski definition) is 2. The van der Waals surface area contributed by atoms with Gasteiger partial charge < -0.3 is 5.11 Å². The van der Waals surface area contributed by atoms with Gasteiger partial charge in [0.05, 0.1) is 5.37 Å². The molecule has 1 aliphatic heterocycles. The van der Waals surface area contributed by atoms with Crippen molar-refractivity contribution in [2.24, 2.45) is 0 Å². The molecule has 15 heavy (non-hydrogen) atoms. The van der Waals surface area contributed by atoms with Gasteiger partial charge in [0.2, 0.25) is 0 Å². The lowest BCUT2D eigenvalue weighted by Gasteiger charge is -2.28. The number of aliphatic carboxylic acids is 1. The highest BCUT2D eigenvalue weighted by molar-refractivity contribution is 7.99. The second kappa shape index (κ2) is 4.68. The fourth-order valence-corrected chi connectivity index (χ4v) is 2.85. The predicted molar refractivity (Wildman–Crippen MR) is 60.8 cm³/mol. The molecule has 0 bridgehead atoms. The molecule has 1 aromatic rings. The van der Waals surface area contributed by atoms with E-state index in [2.05, 4.69) is 5.32 Å². The van der Waals surface area contributed by atoms with Crippen molar-refractivity contribution in [2.45, 2.75) is 17.8 Å². The van der Waals surface area contributed by atoms with Crippen LogP contribution in [0.5, 0.6) is 0 Å². The van der Waals surface area contributed by atoms with Gasteiger partial charge in [-0.1, -0.05) is 30.3 Å². The molecule has 1 fully saturated rings. The van der Waals surface area contributed by atoms with Gasteiger partial charge in [-0.25, -0.2) is 0 Å². The monoisotopic (exact) mass is 223 g/mol. The Morgan fingerprint density at radius 3 is 2.80 bits per heavy atom. The highest BCUT2D eigenvalue weighted by Gasteiger charge is 2.26. The second-order valence-corrected chi connectivity index (χ2v) is 4.72. The second-order valence-electron chi connectivity index (χ2n) is 3.51. The van der Waals surface area contributed by atoms with Gasteiger partial charge in [0.25, 0.3) is 0 Å². The average molecular weight is 223 g/mol. The van der Waals surface area contributed by atoms with E-state index in [0.29, 0.717) is 6.42 Å². The van der Waals surface area contributed by atoms with Gasteiger partial charge in [-0.15, -0.1) is 11.8 Å². The third-order valence-electron chi connectivity index (χ3n) is 2.44. The molecule has 3 nitrogen and oxygen atoms in total. The van der Waals surface area contributed by atoms with Crippen LogP contribution in [0.1, 0.15) is 17.4 Å². The van der Waals surface area contributed by atoms with Gasteiger partial charge in [0.1, 0.15) is 6.04 Å². The molecule has 1 heterocycles. The average Bonchev–Trinajstić information content (AvgIpc) is 2.30. The Balaban J connectivity index is 2.08. The van der Waals surface area contributed by atoms with Crippen molar-refractivity contribution in [2.75, 3.05) is 5.75 Å². The maximum atomic E-state index is 10.9. The molecule has 0 spiro atoms. The van der Waals surface area contributed by atoms with Crippen molar-refractivity contribution in [3.05, 3.63) is 35.9 Å². The Kier molecular flexibility index (Phi) is 3.28. The summed E-state index contributed by atoms with van der Waals surface area (Å²) in [6.07, 6.45) is 0.698. The summed E-state index contributed by atoms with van der Waals surface area (Å²) in [7, 11) is 0. The molecule has 1 aliphatic rings. The molecular weight excluding hydrogens is 210 g/mol. The first-order valence-corrected chi connectivity index (χ1v) is 5.97. The Morgan fingerprint density at radius 2 is 2.13 bits per heavy atom. The maximum absolute atomic E-state index is 10.9. The summed E-state index contributed by atoms with van der Waals surface area (Å²) in [5.41, 5.74) is 1.15. The smallest absolute Gasteiger partial charge is 0.320 e. The van der Waals surface area contributed by atoms with Crippen LogP contribution >= 0.6 is 11.8 Å². The van der Waals surface area contributed by atoms with Crippen LogP contribution in [0.25, 0.3) is 0 Å². The lowest BCUT2D eigenvalue weighted by atomic mass is 10.1. The lowest BCUT2D eigenvalue weighted by Crippen LogP contribution is -2.41. The summed E-state index contributed by atoms with van der Waals surface area (Å²) in [4.78, 5) is 10.9. The lowest BCUT2D eigenvalue weighted by molar-refractivity contribution is -0.139. The maximum Gasteiger partial charge on any atom is 0.320 e. The molecule has 2 atom stereocenters. The summed E-state index contributed by atoms with van der Waals surface area (Å²) in [5, 5.41) is 12.2. The van der Waals surface area contributed by atoms with Gasteiger partial charge in [-0.05, 0) is 17.7 Å². The molecule has 0 aromatic heterocycles. The molecule has 2 N–H and O–H groups in total. The van der Waals surface area contributed by atoms with Crippen molar-refractivity contribution in [3.8, 4) is 0 Å². The third-order valence-corrected chi connectivity index (χ3v) is 3.66. The summed E-state index contributed by atoms with van der Waals surface area (Å²) in [5.74, 6) is 0.139. The van der Waals surface area contributed by atoms with E-state index >= 15 is 0 Å². The van der Waals surface area contributed by atoms with Gasteiger partial charge >= 0.3 is 5.97 Å². The first-order chi connectivity index (χ1) is 7.27. The van der Waals surface area contributed by atoms with Crippen LogP contribution in [-0.4, -0.2) is 22.9 Å². The zero-order valence-electron chi connectivity index (χ0n) is 8.22. The largest absolute Gasteiger partial charge is 0.480 e. The van der Waals surface area contributed by atoms with Crippen molar-refractivity contribution < 1.29 is 9.90 Å². The molecular formula is C11H13NO2S. The molecule has 0 aliphatic carbocycles. The van der Waals surface area contributed by atoms with Crippen molar-refractivity contribution in [1.29, 1.82) is 0 Å². The third kappa shape index (κ3) is 2.52. The van der Waals surface area contributed by atoms with Crippen LogP contribution in [0.4, 0.5) is 0 Å². The minimum absolute atomic E-state index is 0.112. The number of carboxylic acids is 1. The molecule has 2 rings (SSSR count). The first kappa shape index (κ1) is 10.5. The van der Waals surface area contributed by atoms with E-state index in [0.717, 1.165) is 11.3 Å². The Hall–Kier alpha value is -1.00. The quantitative estimate of drug-likeness (QED) is 0.803. The van der Waals surface area contributed by atoms with E-state index in [4.69, 9.17) is 5.11 Å². The topological polar surface area (TPSA) is 49.3 Å². The number of hydrogen-bond acceptors (Lipinski definition) is 3. The Labute approximate surface area is 92.9 Å². The highest BCUT2D eigenvalue weighted by Crippen LogP contribution is 2.31. The van der Waals surface area contributed by atoms with E-state index in [1.807, 2.05) is 30.3 Å². The number of rotatable bonds is 2. The first-order valence-electron chi connectivity index (χ1n) is 4.93. The molecule has 1 saturated heterocycles. The van der Waals surface area contributed by atoms with Gasteiger partial charge in [-0.2, -0.15) is 0 Å². The number of nitrogens with one attached hydrogen (secondary N) is 1. The molecule has 2 unspecified atom stereocenters. The fourth-order valence-electron chi connectivity index (χ4n) is 1.63. The van der Waals surface area contributed by atoms with Crippen LogP contribution in [0.15, 0.2) is 30.3 Å². The number of carbonyl (C=O) groups is 1. The van der Waals surface area contributed by atoms with Crippen molar-refractivity contribution in [3.63, 3.8) is 0 Å². The van der Waals surface area contributed by atoms with Crippen LogP contribution in [0.3, 0.4) is 0 Å². The van der Waals surface area contributed by atoms with E-state index < -0.39 is 12.0 Å². The van der Waals surface area contributed by atoms with Crippen LogP contribution < -0.4 is 5.32 Å². The molecule has 0 saturated carbocycles. The molecule has 80 valence electrons. The summed E-state index contributed by atoms with van der Waals surface area (Å²) >= 11 is 1.76. The normalized spacial score (nSPS) is 26.1. The van der Waals surface area contributed by atoms with E-state index in [1.54, 1.807) is 11.8 Å². The van der Waals surface area contributed by atoms with Gasteiger partial charge in [0, 0.05) is 0 Å². The highest BCUT2D eigenvalue weighted by atomic mass is 32.2. The number of thioether (sulfide) groups is 1. The van der Waals surface area contributed by atoms with Gasteiger partial charge in [0.15, 0.2) is 0 Å². The molecule has 0 amide bonds. The standard InChI is InChI=1S/C11H13NO2S/c13-11(14)9-6-7-15-10(12-9)8-4-2-1-3-5-8/h1-5,9-10,12H,6-7H2,(H,13,14). The van der Waals surface area contributed by atoms with Crippen LogP contribution in [-0.2, 0) is 4.79 Å². The zero-order valence-corrected chi connectivity index (χ0v) is 9.04. The molecule has 4 heteroatoms. The molecule has 0 radical (unpaired) electrons. The van der Waals surface area contributed by atoms with Gasteiger partial charge in [-0.3, -0.25) is 10.1 Å². The minimum atomic E-state index is -0.753. The van der Waals surface area contributed by atoms with E-state index in [1.165, 1.54) is 0 Å². The van der Waals surface area contributed by atoms with Crippen LogP contribution in [0, 0.1) is 0 Å². The Bertz CT molecular complexity index is 342. The summed E-state index contributed by atoms with van der Waals surface area (Å²) < 4.78 is 0. The predicted octanol–water partition coefficient (Wildman–Crippen LogP) is 1.86. The van der Waals surface area contributed by atoms with E-state index in [9.17, 15) is 4.79 Å². The van der Waals surface area contributed by atoms with Crippen molar-refractivity contribution in [1.82, 2.24) is 5.32 Å². The fraction of sp³-hybridized carbons (Fsp3) is 0.364. The zero-order chi connectivity index (χ0) is 10.7. The summed E-state index contributed by atoms with van der Waals surface area (Å²) in [6, 6.07) is 9.55. The number of benzene rings is 1. The SMILES string of the molecule is O=C(O)C1CCSC(c2ccccc2)N1.